The maximum atomic E-state index is 6.64. The summed E-state index contributed by atoms with van der Waals surface area (Å²) in [5, 5.41) is 5.82. The van der Waals surface area contributed by atoms with Crippen molar-refractivity contribution in [2.75, 3.05) is 119 Å². The number of hydrogen-bond acceptors (Lipinski definition) is 12. The Morgan fingerprint density at radius 3 is 0.474 bits per heavy atom. The molecule has 0 bridgehead atoms. The van der Waals surface area contributed by atoms with Crippen LogP contribution < -0.4 is 28.4 Å². The quantitative estimate of drug-likeness (QED) is 0.0310. The zero-order valence-electron chi connectivity index (χ0n) is 50.1. The molecule has 444 valence electrons. The molecule has 0 aliphatic heterocycles. The summed E-state index contributed by atoms with van der Waals surface area (Å²) in [7, 11) is 0. The lowest BCUT2D eigenvalue weighted by molar-refractivity contribution is 0.0884. The summed E-state index contributed by atoms with van der Waals surface area (Å²) in [5.41, 5.74) is 0. The summed E-state index contributed by atoms with van der Waals surface area (Å²) in [5.74, 6) is 3.82. The van der Waals surface area contributed by atoms with Gasteiger partial charge in [-0.25, -0.2) is 0 Å². The van der Waals surface area contributed by atoms with Gasteiger partial charge >= 0.3 is 0 Å². The van der Waals surface area contributed by atoms with Crippen LogP contribution in [0.1, 0.15) is 196 Å². The summed E-state index contributed by atoms with van der Waals surface area (Å²) in [6.07, 6.45) is 27.7. The third-order valence-electron chi connectivity index (χ3n) is 13.9. The smallest absolute Gasteiger partial charge is 0.161 e. The second-order valence-corrected chi connectivity index (χ2v) is 20.7. The van der Waals surface area contributed by atoms with Crippen LogP contribution in [0.5, 0.6) is 34.5 Å². The summed E-state index contributed by atoms with van der Waals surface area (Å²) in [4.78, 5) is 0. The van der Waals surface area contributed by atoms with E-state index in [4.69, 9.17) is 56.8 Å². The van der Waals surface area contributed by atoms with Crippen molar-refractivity contribution in [3.63, 3.8) is 0 Å². The van der Waals surface area contributed by atoms with Gasteiger partial charge in [-0.15, -0.1) is 0 Å². The second kappa shape index (κ2) is 44.9. The standard InChI is InChI=1S/C66H108O12/c1-7-13-19-25-31-67-37-43-73-61-49-55-56(50-62(61)74-44-38-68-32-26-20-14-8-2)58-52-64(76-46-40-70-34-28-22-16-10-4)66(78-48-42-72-36-30-24-18-12-6)54-60(58)59-53-65(77-47-41-71-35-29-23-17-11-5)63(51-57(55)59)75-45-39-69-33-27-21-15-9-3/h49-54H,7-48H2,1-6H3. The predicted octanol–water partition coefficient (Wildman–Crippen LogP) is 17.0. The van der Waals surface area contributed by atoms with Crippen LogP contribution >= 0.6 is 0 Å². The van der Waals surface area contributed by atoms with Gasteiger partial charge in [-0.05, 0) is 107 Å². The average Bonchev–Trinajstić information content (AvgIpc) is 3.56. The highest BCUT2D eigenvalue weighted by Crippen LogP contribution is 2.47. The Hall–Kier alpha value is -3.78. The largest absolute Gasteiger partial charge is 0.487 e. The highest BCUT2D eigenvalue weighted by molar-refractivity contribution is 6.26. The molecule has 0 aliphatic rings. The lowest BCUT2D eigenvalue weighted by Gasteiger charge is -2.21. The minimum atomic E-state index is 0.377. The molecule has 4 aromatic rings. The molecule has 12 heteroatoms. The Morgan fingerprint density at radius 1 is 0.179 bits per heavy atom. The van der Waals surface area contributed by atoms with Gasteiger partial charge in [-0.1, -0.05) is 157 Å². The first kappa shape index (κ1) is 66.7. The van der Waals surface area contributed by atoms with Gasteiger partial charge in [0.2, 0.25) is 0 Å². The van der Waals surface area contributed by atoms with E-state index >= 15 is 0 Å². The van der Waals surface area contributed by atoms with Gasteiger partial charge in [0.15, 0.2) is 34.5 Å². The molecule has 0 aliphatic carbocycles. The van der Waals surface area contributed by atoms with E-state index in [1.807, 2.05) is 0 Å². The van der Waals surface area contributed by atoms with E-state index < -0.39 is 0 Å². The summed E-state index contributed by atoms with van der Waals surface area (Å²) in [6, 6.07) is 12.7. The molecule has 0 N–H and O–H groups in total. The number of ether oxygens (including phenoxy) is 12. The lowest BCUT2D eigenvalue weighted by Crippen LogP contribution is -2.12. The molecule has 0 saturated carbocycles. The van der Waals surface area contributed by atoms with Gasteiger partial charge in [0, 0.05) is 39.6 Å². The van der Waals surface area contributed by atoms with E-state index in [-0.39, 0.29) is 0 Å². The number of fused-ring (bicyclic) bond motifs is 6. The van der Waals surface area contributed by atoms with E-state index in [0.717, 1.165) is 70.8 Å². The summed E-state index contributed by atoms with van der Waals surface area (Å²) >= 11 is 0. The van der Waals surface area contributed by atoms with Crippen LogP contribution in [-0.4, -0.2) is 119 Å². The van der Waals surface area contributed by atoms with Crippen molar-refractivity contribution < 1.29 is 56.8 Å². The Labute approximate surface area is 472 Å². The molecule has 0 heterocycles. The third-order valence-corrected chi connectivity index (χ3v) is 13.9. The van der Waals surface area contributed by atoms with Crippen molar-refractivity contribution in [2.24, 2.45) is 0 Å². The first-order chi connectivity index (χ1) is 38.6. The highest BCUT2D eigenvalue weighted by Gasteiger charge is 2.21. The van der Waals surface area contributed by atoms with Crippen LogP contribution in [0.15, 0.2) is 36.4 Å². The fourth-order valence-corrected chi connectivity index (χ4v) is 9.35. The molecule has 4 rings (SSSR count). The van der Waals surface area contributed by atoms with Crippen molar-refractivity contribution in [1.82, 2.24) is 0 Å². The second-order valence-electron chi connectivity index (χ2n) is 20.7. The van der Waals surface area contributed by atoms with Crippen molar-refractivity contribution in [3.8, 4) is 34.5 Å². The molecule has 4 aromatic carbocycles. The van der Waals surface area contributed by atoms with E-state index in [1.54, 1.807) is 0 Å². The number of unbranched alkanes of at least 4 members (excludes halogenated alkanes) is 18. The van der Waals surface area contributed by atoms with Crippen molar-refractivity contribution in [3.05, 3.63) is 36.4 Å². The Balaban J connectivity index is 1.85. The molecule has 0 unspecified atom stereocenters. The minimum absolute atomic E-state index is 0.377. The number of hydrogen-bond donors (Lipinski definition) is 0. The van der Waals surface area contributed by atoms with Gasteiger partial charge in [-0.2, -0.15) is 0 Å². The Kier molecular flexibility index (Phi) is 38.4. The fraction of sp³-hybridized carbons (Fsp3) is 0.727. The summed E-state index contributed by atoms with van der Waals surface area (Å²) < 4.78 is 76.2. The molecule has 0 spiro atoms. The van der Waals surface area contributed by atoms with Crippen molar-refractivity contribution >= 4 is 32.3 Å². The van der Waals surface area contributed by atoms with E-state index in [2.05, 4.69) is 77.9 Å². The number of benzene rings is 4. The Morgan fingerprint density at radius 2 is 0.333 bits per heavy atom. The molecule has 0 saturated heterocycles. The highest BCUT2D eigenvalue weighted by atomic mass is 16.6. The average molecular weight is 1090 g/mol. The molecular formula is C66H108O12. The van der Waals surface area contributed by atoms with Gasteiger partial charge in [0.25, 0.3) is 0 Å². The van der Waals surface area contributed by atoms with Crippen LogP contribution in [0, 0.1) is 0 Å². The molecule has 0 aromatic heterocycles. The first-order valence-corrected chi connectivity index (χ1v) is 31.4. The van der Waals surface area contributed by atoms with Crippen molar-refractivity contribution in [1.29, 1.82) is 0 Å². The van der Waals surface area contributed by atoms with Crippen LogP contribution in [0.4, 0.5) is 0 Å². The molecule has 0 atom stereocenters. The van der Waals surface area contributed by atoms with Crippen molar-refractivity contribution in [2.45, 2.75) is 196 Å². The van der Waals surface area contributed by atoms with Crippen LogP contribution in [0.3, 0.4) is 0 Å². The monoisotopic (exact) mass is 1090 g/mol. The Bertz CT molecular complexity index is 1690. The number of rotatable bonds is 54. The first-order valence-electron chi connectivity index (χ1n) is 31.4. The van der Waals surface area contributed by atoms with Gasteiger partial charge in [-0.3, -0.25) is 0 Å². The zero-order chi connectivity index (χ0) is 55.4. The van der Waals surface area contributed by atoms with E-state index in [0.29, 0.717) is 153 Å². The zero-order valence-corrected chi connectivity index (χ0v) is 50.1. The van der Waals surface area contributed by atoms with Gasteiger partial charge in [0.1, 0.15) is 39.6 Å². The topological polar surface area (TPSA) is 111 Å². The van der Waals surface area contributed by atoms with E-state index in [1.165, 1.54) is 116 Å². The van der Waals surface area contributed by atoms with Gasteiger partial charge in [0.05, 0.1) is 39.6 Å². The molecule has 0 radical (unpaired) electrons. The predicted molar refractivity (Wildman–Crippen MR) is 322 cm³/mol. The maximum absolute atomic E-state index is 6.64. The normalized spacial score (nSPS) is 11.6. The maximum Gasteiger partial charge on any atom is 0.161 e. The summed E-state index contributed by atoms with van der Waals surface area (Å²) in [6.45, 7) is 22.7. The molecule has 12 nitrogen and oxygen atoms in total. The van der Waals surface area contributed by atoms with E-state index in [9.17, 15) is 0 Å². The van der Waals surface area contributed by atoms with Crippen LogP contribution in [0.2, 0.25) is 0 Å². The fourth-order valence-electron chi connectivity index (χ4n) is 9.35. The third kappa shape index (κ3) is 27.1. The van der Waals surface area contributed by atoms with Crippen LogP contribution in [0.25, 0.3) is 32.3 Å². The molecular weight excluding hydrogens is 985 g/mol. The van der Waals surface area contributed by atoms with Crippen LogP contribution in [-0.2, 0) is 28.4 Å². The molecule has 0 fully saturated rings. The lowest BCUT2D eigenvalue weighted by atomic mass is 9.93. The molecule has 78 heavy (non-hydrogen) atoms. The van der Waals surface area contributed by atoms with Gasteiger partial charge < -0.3 is 56.8 Å². The molecule has 0 amide bonds. The SMILES string of the molecule is CCCCCCOCCOc1cc2c3cc(OCCOCCCCCC)c(OCCOCCCCCC)cc3c3cc(OCCOCCCCCC)c(OCCOCCCCCC)cc3c2cc1OCCOCCCCCC. The minimum Gasteiger partial charge on any atom is -0.487 e.